The molecule has 1 aromatic carbocycles. The zero-order valence-electron chi connectivity index (χ0n) is 12.9. The van der Waals surface area contributed by atoms with Crippen molar-refractivity contribution in [3.8, 4) is 0 Å². The Labute approximate surface area is 134 Å². The fourth-order valence-corrected chi connectivity index (χ4v) is 5.00. The van der Waals surface area contributed by atoms with Crippen molar-refractivity contribution in [2.75, 3.05) is 11.5 Å². The topological polar surface area (TPSA) is 81.1 Å². The highest BCUT2D eigenvalue weighted by atomic mass is 32.2. The third kappa shape index (κ3) is 2.73. The van der Waals surface area contributed by atoms with Crippen LogP contribution < -0.4 is 5.32 Å². The molecule has 1 aromatic heterocycles. The molecule has 23 heavy (non-hydrogen) atoms. The normalized spacial score (nSPS) is 23.3. The van der Waals surface area contributed by atoms with Gasteiger partial charge in [0.2, 0.25) is 0 Å². The van der Waals surface area contributed by atoms with E-state index >= 15 is 0 Å². The third-order valence-corrected chi connectivity index (χ3v) is 6.36. The predicted molar refractivity (Wildman–Crippen MR) is 87.3 cm³/mol. The summed E-state index contributed by atoms with van der Waals surface area (Å²) in [4.78, 5) is 16.7. The van der Waals surface area contributed by atoms with Crippen LogP contribution in [-0.4, -0.2) is 41.4 Å². The molecule has 4 rings (SSSR count). The Morgan fingerprint density at radius 3 is 2.74 bits per heavy atom. The van der Waals surface area contributed by atoms with Crippen LogP contribution in [0.25, 0.3) is 11.0 Å². The van der Waals surface area contributed by atoms with E-state index in [4.69, 9.17) is 0 Å². The Balaban J connectivity index is 1.70. The predicted octanol–water partition coefficient (Wildman–Crippen LogP) is 1.60. The Morgan fingerprint density at radius 1 is 1.30 bits per heavy atom. The van der Waals surface area contributed by atoms with E-state index in [1.807, 2.05) is 17.6 Å². The van der Waals surface area contributed by atoms with E-state index < -0.39 is 9.84 Å². The van der Waals surface area contributed by atoms with Gasteiger partial charge in [-0.05, 0) is 44.4 Å². The number of aromatic nitrogens is 2. The van der Waals surface area contributed by atoms with Gasteiger partial charge in [0.1, 0.15) is 5.82 Å². The Hall–Kier alpha value is -1.89. The van der Waals surface area contributed by atoms with Crippen molar-refractivity contribution in [2.24, 2.45) is 0 Å². The fraction of sp³-hybridized carbons (Fsp3) is 0.500. The van der Waals surface area contributed by atoms with Crippen LogP contribution in [-0.2, 0) is 9.84 Å². The molecule has 7 heteroatoms. The number of imidazole rings is 1. The number of hydrogen-bond acceptors (Lipinski definition) is 4. The number of carbonyl (C=O) groups excluding carboxylic acids is 1. The van der Waals surface area contributed by atoms with Gasteiger partial charge in [-0.15, -0.1) is 0 Å². The second kappa shape index (κ2) is 5.06. The third-order valence-electron chi connectivity index (χ3n) is 4.61. The maximum Gasteiger partial charge on any atom is 0.251 e. The smallest absolute Gasteiger partial charge is 0.251 e. The summed E-state index contributed by atoms with van der Waals surface area (Å²) in [6.45, 7) is 1.88. The Bertz CT molecular complexity index is 897. The zero-order chi connectivity index (χ0) is 16.2. The molecule has 2 fully saturated rings. The number of carbonyl (C=O) groups is 1. The van der Waals surface area contributed by atoms with Crippen LogP contribution in [0.1, 0.15) is 41.5 Å². The molecule has 2 aliphatic rings. The molecule has 1 saturated heterocycles. The molecule has 1 aliphatic carbocycles. The first-order chi connectivity index (χ1) is 10.9. The quantitative estimate of drug-likeness (QED) is 0.925. The summed E-state index contributed by atoms with van der Waals surface area (Å²) in [5, 5.41) is 2.97. The first kappa shape index (κ1) is 14.7. The summed E-state index contributed by atoms with van der Waals surface area (Å²) in [6, 6.07) is 5.72. The van der Waals surface area contributed by atoms with Gasteiger partial charge in [0.25, 0.3) is 5.91 Å². The minimum absolute atomic E-state index is 0.0591. The van der Waals surface area contributed by atoms with E-state index in [1.54, 1.807) is 12.1 Å². The van der Waals surface area contributed by atoms with E-state index in [0.29, 0.717) is 18.0 Å². The van der Waals surface area contributed by atoms with Gasteiger partial charge in [-0.1, -0.05) is 0 Å². The number of benzene rings is 1. The lowest BCUT2D eigenvalue weighted by Crippen LogP contribution is -2.25. The first-order valence-electron chi connectivity index (χ1n) is 7.93. The lowest BCUT2D eigenvalue weighted by molar-refractivity contribution is 0.0951. The van der Waals surface area contributed by atoms with Gasteiger partial charge in [-0.3, -0.25) is 4.79 Å². The lowest BCUT2D eigenvalue weighted by atomic mass is 10.1. The maximum absolute atomic E-state index is 12.1. The van der Waals surface area contributed by atoms with Crippen LogP contribution in [0.4, 0.5) is 0 Å². The number of sulfone groups is 1. The van der Waals surface area contributed by atoms with Crippen molar-refractivity contribution in [2.45, 2.75) is 38.3 Å². The molecule has 1 atom stereocenters. The largest absolute Gasteiger partial charge is 0.349 e. The van der Waals surface area contributed by atoms with Gasteiger partial charge < -0.3 is 9.88 Å². The number of rotatable bonds is 3. The van der Waals surface area contributed by atoms with Crippen molar-refractivity contribution in [1.82, 2.24) is 14.9 Å². The molecule has 0 bridgehead atoms. The van der Waals surface area contributed by atoms with Gasteiger partial charge in [-0.2, -0.15) is 0 Å². The van der Waals surface area contributed by atoms with Gasteiger partial charge in [-0.25, -0.2) is 13.4 Å². The minimum atomic E-state index is -2.95. The minimum Gasteiger partial charge on any atom is -0.349 e. The molecule has 122 valence electrons. The van der Waals surface area contributed by atoms with E-state index in [2.05, 4.69) is 10.3 Å². The lowest BCUT2D eigenvalue weighted by Gasteiger charge is -2.13. The van der Waals surface area contributed by atoms with Crippen LogP contribution in [0.2, 0.25) is 0 Å². The summed E-state index contributed by atoms with van der Waals surface area (Å²) < 4.78 is 25.5. The second-order valence-electron chi connectivity index (χ2n) is 6.54. The maximum atomic E-state index is 12.1. The van der Waals surface area contributed by atoms with Crippen molar-refractivity contribution >= 4 is 26.8 Å². The molecule has 2 heterocycles. The first-order valence-corrected chi connectivity index (χ1v) is 9.75. The number of amides is 1. The average Bonchev–Trinajstić information content (AvgIpc) is 3.13. The van der Waals surface area contributed by atoms with Crippen LogP contribution in [0, 0.1) is 6.92 Å². The molecule has 1 N–H and O–H groups in total. The van der Waals surface area contributed by atoms with Crippen molar-refractivity contribution in [1.29, 1.82) is 0 Å². The van der Waals surface area contributed by atoms with Crippen LogP contribution in [0.15, 0.2) is 18.2 Å². The summed E-state index contributed by atoms with van der Waals surface area (Å²) >= 11 is 0. The van der Waals surface area contributed by atoms with Crippen LogP contribution in [0.5, 0.6) is 0 Å². The summed E-state index contributed by atoms with van der Waals surface area (Å²) in [5.41, 5.74) is 2.25. The number of nitrogens with zero attached hydrogens (tertiary/aromatic N) is 2. The highest BCUT2D eigenvalue weighted by Gasteiger charge is 2.31. The van der Waals surface area contributed by atoms with E-state index in [9.17, 15) is 13.2 Å². The monoisotopic (exact) mass is 333 g/mol. The van der Waals surface area contributed by atoms with Crippen molar-refractivity contribution in [3.05, 3.63) is 29.6 Å². The number of nitrogens with one attached hydrogen (secondary N) is 1. The molecule has 6 nitrogen and oxygen atoms in total. The molecule has 1 saturated carbocycles. The van der Waals surface area contributed by atoms with Crippen molar-refractivity contribution in [3.63, 3.8) is 0 Å². The molecule has 0 radical (unpaired) electrons. The Morgan fingerprint density at radius 2 is 2.09 bits per heavy atom. The van der Waals surface area contributed by atoms with Crippen LogP contribution in [0.3, 0.4) is 0 Å². The highest BCUT2D eigenvalue weighted by molar-refractivity contribution is 7.91. The highest BCUT2D eigenvalue weighted by Crippen LogP contribution is 2.29. The molecule has 1 amide bonds. The SMILES string of the molecule is Cc1nc2cc(C(=O)NC3CC3)ccc2n1C1CCS(=O)(=O)C1. The van der Waals surface area contributed by atoms with Gasteiger partial charge in [0, 0.05) is 11.6 Å². The molecule has 1 aliphatic heterocycles. The summed E-state index contributed by atoms with van der Waals surface area (Å²) in [7, 11) is -2.95. The van der Waals surface area contributed by atoms with Gasteiger partial charge >= 0.3 is 0 Å². The zero-order valence-corrected chi connectivity index (χ0v) is 13.8. The molecule has 2 aromatic rings. The number of aryl methyl sites for hydroxylation is 1. The van der Waals surface area contributed by atoms with E-state index in [-0.39, 0.29) is 23.5 Å². The van der Waals surface area contributed by atoms with E-state index in [1.165, 1.54) is 0 Å². The van der Waals surface area contributed by atoms with Gasteiger partial charge in [0.15, 0.2) is 9.84 Å². The molecule has 0 spiro atoms. The van der Waals surface area contributed by atoms with Crippen LogP contribution >= 0.6 is 0 Å². The molecular formula is C16H19N3O3S. The standard InChI is InChI=1S/C16H19N3O3S/c1-10-17-14-8-11(16(20)18-12-3-4-12)2-5-15(14)19(10)13-6-7-23(21,22)9-13/h2,5,8,12-13H,3-4,6-7,9H2,1H3,(H,18,20). The number of fused-ring (bicyclic) bond motifs is 1. The Kier molecular flexibility index (Phi) is 3.23. The van der Waals surface area contributed by atoms with Crippen molar-refractivity contribution < 1.29 is 13.2 Å². The number of hydrogen-bond donors (Lipinski definition) is 1. The molecule has 1 unspecified atom stereocenters. The second-order valence-corrected chi connectivity index (χ2v) is 8.77. The summed E-state index contributed by atoms with van der Waals surface area (Å²) in [5.74, 6) is 1.13. The average molecular weight is 333 g/mol. The van der Waals surface area contributed by atoms with Gasteiger partial charge in [0.05, 0.1) is 28.6 Å². The summed E-state index contributed by atoms with van der Waals surface area (Å²) in [6.07, 6.45) is 2.73. The fourth-order valence-electron chi connectivity index (χ4n) is 3.30. The van der Waals surface area contributed by atoms with E-state index in [0.717, 1.165) is 29.7 Å². The molecular weight excluding hydrogens is 314 g/mol.